The molecular weight excluding hydrogens is 805 g/mol. The molecule has 0 N–H and O–H groups in total. The van der Waals surface area contributed by atoms with Gasteiger partial charge in [-0.3, -0.25) is 0 Å². The molecule has 0 atom stereocenters. The van der Waals surface area contributed by atoms with Crippen LogP contribution in [0.15, 0.2) is 146 Å². The molecule has 348 valence electrons. The summed E-state index contributed by atoms with van der Waals surface area (Å²) < 4.78 is 0. The molecule has 0 aliphatic carbocycles. The van der Waals surface area contributed by atoms with Gasteiger partial charge in [-0.05, 0) is 209 Å². The van der Waals surface area contributed by atoms with Crippen LogP contribution in [0.5, 0.6) is 0 Å². The average molecular weight is 883 g/mol. The molecule has 1 fully saturated rings. The van der Waals surface area contributed by atoms with Gasteiger partial charge in [0.25, 0.3) is 0 Å². The van der Waals surface area contributed by atoms with Gasteiger partial charge in [-0.2, -0.15) is 0 Å². The lowest BCUT2D eigenvalue weighted by Crippen LogP contribution is -2.55. The van der Waals surface area contributed by atoms with E-state index in [1.807, 2.05) is 0 Å². The Morgan fingerprint density at radius 1 is 0.273 bits per heavy atom. The van der Waals surface area contributed by atoms with E-state index in [9.17, 15) is 0 Å². The van der Waals surface area contributed by atoms with Crippen LogP contribution in [0.3, 0.4) is 0 Å². The minimum Gasteiger partial charge on any atom is -0.367 e. The van der Waals surface area contributed by atoms with E-state index in [4.69, 9.17) is 0 Å². The van der Waals surface area contributed by atoms with Crippen molar-refractivity contribution in [1.82, 2.24) is 0 Å². The number of nitrogens with zero attached hydrogens (tertiary/aromatic N) is 6. The summed E-state index contributed by atoms with van der Waals surface area (Å²) in [5.41, 5.74) is 15.5. The molecule has 0 spiro atoms. The van der Waals surface area contributed by atoms with Crippen LogP contribution in [0.2, 0.25) is 0 Å². The zero-order valence-corrected chi connectivity index (χ0v) is 42.2. The molecule has 0 amide bonds. The van der Waals surface area contributed by atoms with Crippen molar-refractivity contribution in [2.24, 2.45) is 0 Å². The molecule has 66 heavy (non-hydrogen) atoms. The third-order valence-corrected chi connectivity index (χ3v) is 13.2. The van der Waals surface area contributed by atoms with Crippen LogP contribution in [0.4, 0.5) is 34.1 Å². The van der Waals surface area contributed by atoms with Crippen molar-refractivity contribution in [2.45, 2.75) is 139 Å². The van der Waals surface area contributed by atoms with Gasteiger partial charge in [-0.25, -0.2) is 0 Å². The van der Waals surface area contributed by atoms with Crippen molar-refractivity contribution in [3.8, 4) is 0 Å². The first-order valence-corrected chi connectivity index (χ1v) is 24.8. The van der Waals surface area contributed by atoms with Crippen LogP contribution >= 0.6 is 0 Å². The number of hydrogen-bond donors (Lipinski definition) is 0. The first-order chi connectivity index (χ1) is 31.6. The highest BCUT2D eigenvalue weighted by Crippen LogP contribution is 2.30. The summed E-state index contributed by atoms with van der Waals surface area (Å²) in [7, 11) is 0. The number of rotatable bonds is 18. The van der Waals surface area contributed by atoms with Crippen LogP contribution in [0, 0.1) is 0 Å². The van der Waals surface area contributed by atoms with Crippen molar-refractivity contribution in [3.05, 3.63) is 179 Å². The molecule has 6 heteroatoms. The maximum absolute atomic E-state index is 2.51. The highest BCUT2D eigenvalue weighted by molar-refractivity contribution is 5.61. The molecule has 0 unspecified atom stereocenters. The minimum absolute atomic E-state index is 0.461. The molecular formula is C60H78N6. The van der Waals surface area contributed by atoms with E-state index in [1.165, 1.54) is 67.5 Å². The van der Waals surface area contributed by atoms with Gasteiger partial charge >= 0.3 is 0 Å². The third-order valence-electron chi connectivity index (χ3n) is 13.2. The van der Waals surface area contributed by atoms with Gasteiger partial charge in [0.1, 0.15) is 0 Å². The van der Waals surface area contributed by atoms with Crippen molar-refractivity contribution in [3.63, 3.8) is 0 Å². The molecule has 1 aliphatic rings. The molecule has 6 nitrogen and oxygen atoms in total. The summed E-state index contributed by atoms with van der Waals surface area (Å²) in [4.78, 5) is 15.0. The van der Waals surface area contributed by atoms with Crippen LogP contribution in [-0.2, 0) is 19.3 Å². The normalized spacial score (nSPS) is 13.3. The van der Waals surface area contributed by atoms with E-state index in [-0.39, 0.29) is 0 Å². The third kappa shape index (κ3) is 11.9. The van der Waals surface area contributed by atoms with Crippen molar-refractivity contribution >= 4 is 34.1 Å². The first-order valence-electron chi connectivity index (χ1n) is 24.8. The predicted octanol–water partition coefficient (Wildman–Crippen LogP) is 14.0. The van der Waals surface area contributed by atoms with Gasteiger partial charge in [0.05, 0.1) is 20.0 Å². The van der Waals surface area contributed by atoms with E-state index < -0.39 is 0 Å². The standard InChI is InChI=1S/C60H78N6/c1-43(2)64(44(3)4)58-31-19-52(20-32-58)37-49-13-25-55(26-14-49)61-40-62(56-27-15-50(16-28-56)38-53-21-33-59(34-22-53)65(45(5)6)46(7)8)42-63(41-61)57-29-17-51(18-30-57)39-54-23-35-60(36-24-54)66(47(9)10)48(11)12/h13-36,43-48H,37-42H2,1-12H3. The van der Waals surface area contributed by atoms with Crippen molar-refractivity contribution < 1.29 is 0 Å². The fourth-order valence-corrected chi connectivity index (χ4v) is 10.4. The maximum atomic E-state index is 2.51. The van der Waals surface area contributed by atoms with Gasteiger partial charge in [0, 0.05) is 70.4 Å². The Morgan fingerprint density at radius 2 is 0.439 bits per heavy atom. The summed E-state index contributed by atoms with van der Waals surface area (Å²) >= 11 is 0. The van der Waals surface area contributed by atoms with Crippen LogP contribution < -0.4 is 29.4 Å². The van der Waals surface area contributed by atoms with Gasteiger partial charge in [0.15, 0.2) is 0 Å². The predicted molar refractivity (Wildman–Crippen MR) is 287 cm³/mol. The Kier molecular flexibility index (Phi) is 15.7. The summed E-state index contributed by atoms with van der Waals surface area (Å²) in [6.45, 7) is 29.7. The van der Waals surface area contributed by atoms with Crippen molar-refractivity contribution in [1.29, 1.82) is 0 Å². The van der Waals surface area contributed by atoms with E-state index in [1.54, 1.807) is 0 Å². The van der Waals surface area contributed by atoms with Gasteiger partial charge in [0.2, 0.25) is 0 Å². The van der Waals surface area contributed by atoms with E-state index >= 15 is 0 Å². The van der Waals surface area contributed by atoms with E-state index in [2.05, 4.69) is 258 Å². The molecule has 0 saturated carbocycles. The first kappa shape index (κ1) is 48.1. The molecule has 1 heterocycles. The fourth-order valence-electron chi connectivity index (χ4n) is 10.4. The average Bonchev–Trinajstić information content (AvgIpc) is 3.28. The topological polar surface area (TPSA) is 19.4 Å². The van der Waals surface area contributed by atoms with Gasteiger partial charge in [-0.1, -0.05) is 72.8 Å². The van der Waals surface area contributed by atoms with Crippen molar-refractivity contribution in [2.75, 3.05) is 49.4 Å². The van der Waals surface area contributed by atoms with Crippen LogP contribution in [0.25, 0.3) is 0 Å². The Hall–Kier alpha value is -5.88. The molecule has 6 aromatic rings. The SMILES string of the molecule is CC(C)N(c1ccc(Cc2ccc(N3CN(c4ccc(Cc5ccc(N(C(C)C)C(C)C)cc5)cc4)CN(c4ccc(Cc5ccc(N(C(C)C)C(C)C)cc5)cc4)C3)cc2)cc1)C(C)C. The molecule has 1 aliphatic heterocycles. The summed E-state index contributed by atoms with van der Waals surface area (Å²) in [5.74, 6) is 0. The quantitative estimate of drug-likeness (QED) is 0.0850. The summed E-state index contributed by atoms with van der Waals surface area (Å²) in [6.07, 6.45) is 2.74. The molecule has 0 radical (unpaired) electrons. The lowest BCUT2D eigenvalue weighted by atomic mass is 10.0. The monoisotopic (exact) mass is 883 g/mol. The lowest BCUT2D eigenvalue weighted by Gasteiger charge is -2.45. The maximum Gasteiger partial charge on any atom is 0.0937 e. The number of anilines is 6. The molecule has 0 bridgehead atoms. The second kappa shape index (κ2) is 21.6. The number of benzene rings is 6. The highest BCUT2D eigenvalue weighted by atomic mass is 15.5. The molecule has 0 aromatic heterocycles. The smallest absolute Gasteiger partial charge is 0.0937 e. The summed E-state index contributed by atoms with van der Waals surface area (Å²) in [5, 5.41) is 0. The molecule has 6 aromatic carbocycles. The second-order valence-corrected chi connectivity index (χ2v) is 20.4. The second-order valence-electron chi connectivity index (χ2n) is 20.4. The Labute approximate surface area is 399 Å². The van der Waals surface area contributed by atoms with E-state index in [0.717, 1.165) is 39.3 Å². The molecule has 1 saturated heterocycles. The fraction of sp³-hybridized carbons (Fsp3) is 0.400. The van der Waals surface area contributed by atoms with E-state index in [0.29, 0.717) is 36.3 Å². The van der Waals surface area contributed by atoms with Gasteiger partial charge in [-0.15, -0.1) is 0 Å². The highest BCUT2D eigenvalue weighted by Gasteiger charge is 2.25. The lowest BCUT2D eigenvalue weighted by molar-refractivity contribution is 0.608. The zero-order valence-electron chi connectivity index (χ0n) is 42.2. The largest absolute Gasteiger partial charge is 0.367 e. The van der Waals surface area contributed by atoms with Crippen LogP contribution in [0.1, 0.15) is 116 Å². The minimum atomic E-state index is 0.461. The number of hydrogen-bond acceptors (Lipinski definition) is 6. The molecule has 7 rings (SSSR count). The zero-order chi connectivity index (χ0) is 47.1. The Bertz CT molecular complexity index is 2080. The van der Waals surface area contributed by atoms with Crippen LogP contribution in [-0.4, -0.2) is 56.3 Å². The summed E-state index contributed by atoms with van der Waals surface area (Å²) in [6, 6.07) is 58.1. The van der Waals surface area contributed by atoms with Gasteiger partial charge < -0.3 is 29.4 Å². The Morgan fingerprint density at radius 3 is 0.606 bits per heavy atom. The Balaban J connectivity index is 1.08.